The standard InChI is InChI=1S/C17H18N2O2/c20-11-13-3-1-12(2-4-13)10-19-17(21)15-6-5-14-7-8-18-16(14)9-15/h1-6,9,18,20H,7-8,10-11H2,(H,19,21). The van der Waals surface area contributed by atoms with Crippen LogP contribution in [-0.2, 0) is 19.6 Å². The molecule has 0 saturated heterocycles. The lowest BCUT2D eigenvalue weighted by atomic mass is 10.1. The summed E-state index contributed by atoms with van der Waals surface area (Å²) in [7, 11) is 0. The Morgan fingerprint density at radius 3 is 2.67 bits per heavy atom. The zero-order valence-electron chi connectivity index (χ0n) is 11.7. The predicted molar refractivity (Wildman–Crippen MR) is 82.2 cm³/mol. The number of aliphatic hydroxyl groups is 1. The predicted octanol–water partition coefficient (Wildman–Crippen LogP) is 2.08. The van der Waals surface area contributed by atoms with Crippen molar-refractivity contribution in [3.8, 4) is 0 Å². The fourth-order valence-corrected chi connectivity index (χ4v) is 2.48. The molecule has 4 nitrogen and oxygen atoms in total. The van der Waals surface area contributed by atoms with Gasteiger partial charge in [0.05, 0.1) is 6.61 Å². The number of nitrogens with one attached hydrogen (secondary N) is 2. The molecule has 2 aromatic carbocycles. The molecule has 0 aromatic heterocycles. The molecule has 3 rings (SSSR count). The van der Waals surface area contributed by atoms with E-state index in [0.29, 0.717) is 12.1 Å². The van der Waals surface area contributed by atoms with Gasteiger partial charge in [-0.25, -0.2) is 0 Å². The molecule has 0 atom stereocenters. The van der Waals surface area contributed by atoms with Gasteiger partial charge in [0.1, 0.15) is 0 Å². The van der Waals surface area contributed by atoms with E-state index in [9.17, 15) is 4.79 Å². The molecule has 2 aromatic rings. The minimum atomic E-state index is -0.0715. The van der Waals surface area contributed by atoms with Crippen LogP contribution in [0.15, 0.2) is 42.5 Å². The van der Waals surface area contributed by atoms with Crippen LogP contribution in [0.4, 0.5) is 5.69 Å². The number of hydrogen-bond donors (Lipinski definition) is 3. The number of benzene rings is 2. The first-order valence-electron chi connectivity index (χ1n) is 7.10. The normalized spacial score (nSPS) is 12.6. The van der Waals surface area contributed by atoms with E-state index in [1.807, 2.05) is 42.5 Å². The third-order valence-corrected chi connectivity index (χ3v) is 3.74. The van der Waals surface area contributed by atoms with Crippen LogP contribution in [0.1, 0.15) is 27.0 Å². The number of aliphatic hydroxyl groups excluding tert-OH is 1. The van der Waals surface area contributed by atoms with Crippen molar-refractivity contribution in [2.24, 2.45) is 0 Å². The van der Waals surface area contributed by atoms with Gasteiger partial charge in [-0.05, 0) is 35.2 Å². The zero-order valence-corrected chi connectivity index (χ0v) is 11.7. The second-order valence-electron chi connectivity index (χ2n) is 5.21. The Balaban J connectivity index is 1.63. The number of carbonyl (C=O) groups excluding carboxylic acids is 1. The molecule has 0 bridgehead atoms. The number of anilines is 1. The smallest absolute Gasteiger partial charge is 0.251 e. The maximum absolute atomic E-state index is 12.2. The van der Waals surface area contributed by atoms with Crippen LogP contribution in [0.3, 0.4) is 0 Å². The van der Waals surface area contributed by atoms with Crippen LogP contribution in [0, 0.1) is 0 Å². The summed E-state index contributed by atoms with van der Waals surface area (Å²) >= 11 is 0. The van der Waals surface area contributed by atoms with Gasteiger partial charge in [0.25, 0.3) is 5.91 Å². The van der Waals surface area contributed by atoms with Crippen LogP contribution in [0.2, 0.25) is 0 Å². The minimum Gasteiger partial charge on any atom is -0.392 e. The second-order valence-corrected chi connectivity index (χ2v) is 5.21. The number of amides is 1. The van der Waals surface area contributed by atoms with E-state index in [-0.39, 0.29) is 12.5 Å². The molecular weight excluding hydrogens is 264 g/mol. The van der Waals surface area contributed by atoms with Gasteiger partial charge in [-0.2, -0.15) is 0 Å². The molecule has 4 heteroatoms. The van der Waals surface area contributed by atoms with Crippen LogP contribution in [0.5, 0.6) is 0 Å². The average Bonchev–Trinajstić information content (AvgIpc) is 3.00. The maximum Gasteiger partial charge on any atom is 0.251 e. The second kappa shape index (κ2) is 5.97. The lowest BCUT2D eigenvalue weighted by Gasteiger charge is -2.08. The van der Waals surface area contributed by atoms with Crippen molar-refractivity contribution in [2.45, 2.75) is 19.6 Å². The molecule has 1 aliphatic heterocycles. The van der Waals surface area contributed by atoms with Gasteiger partial charge in [0.2, 0.25) is 0 Å². The van der Waals surface area contributed by atoms with E-state index >= 15 is 0 Å². The fourth-order valence-electron chi connectivity index (χ4n) is 2.48. The Kier molecular flexibility index (Phi) is 3.88. The average molecular weight is 282 g/mol. The maximum atomic E-state index is 12.2. The molecule has 3 N–H and O–H groups in total. The summed E-state index contributed by atoms with van der Waals surface area (Å²) in [6.45, 7) is 1.46. The lowest BCUT2D eigenvalue weighted by Crippen LogP contribution is -2.22. The monoisotopic (exact) mass is 282 g/mol. The van der Waals surface area contributed by atoms with Crippen molar-refractivity contribution in [3.05, 3.63) is 64.7 Å². The summed E-state index contributed by atoms with van der Waals surface area (Å²) in [6.07, 6.45) is 1.02. The van der Waals surface area contributed by atoms with Crippen molar-refractivity contribution in [3.63, 3.8) is 0 Å². The number of fused-ring (bicyclic) bond motifs is 1. The summed E-state index contributed by atoms with van der Waals surface area (Å²) in [4.78, 5) is 12.2. The van der Waals surface area contributed by atoms with Gasteiger partial charge in [-0.15, -0.1) is 0 Å². The Morgan fingerprint density at radius 2 is 1.90 bits per heavy atom. The molecule has 21 heavy (non-hydrogen) atoms. The quantitative estimate of drug-likeness (QED) is 0.804. The first kappa shape index (κ1) is 13.6. The zero-order chi connectivity index (χ0) is 14.7. The van der Waals surface area contributed by atoms with E-state index in [0.717, 1.165) is 29.8 Å². The molecule has 1 aliphatic rings. The van der Waals surface area contributed by atoms with E-state index in [1.54, 1.807) is 0 Å². The van der Waals surface area contributed by atoms with E-state index in [1.165, 1.54) is 5.56 Å². The Labute approximate surface area is 123 Å². The highest BCUT2D eigenvalue weighted by Crippen LogP contribution is 2.23. The lowest BCUT2D eigenvalue weighted by molar-refractivity contribution is 0.0951. The van der Waals surface area contributed by atoms with Crippen molar-refractivity contribution in [2.75, 3.05) is 11.9 Å². The molecule has 1 heterocycles. The molecular formula is C17H18N2O2. The van der Waals surface area contributed by atoms with Gasteiger partial charge >= 0.3 is 0 Å². The van der Waals surface area contributed by atoms with E-state index < -0.39 is 0 Å². The molecule has 0 spiro atoms. The molecule has 0 unspecified atom stereocenters. The van der Waals surface area contributed by atoms with Crippen LogP contribution in [0.25, 0.3) is 0 Å². The van der Waals surface area contributed by atoms with Crippen LogP contribution >= 0.6 is 0 Å². The van der Waals surface area contributed by atoms with Gasteiger partial charge in [-0.3, -0.25) is 4.79 Å². The Hall–Kier alpha value is -2.33. The summed E-state index contributed by atoms with van der Waals surface area (Å²) in [5, 5.41) is 15.2. The Bertz CT molecular complexity index is 650. The van der Waals surface area contributed by atoms with E-state index in [4.69, 9.17) is 5.11 Å². The van der Waals surface area contributed by atoms with Gasteiger partial charge in [0.15, 0.2) is 0 Å². The third kappa shape index (κ3) is 3.06. The highest BCUT2D eigenvalue weighted by molar-refractivity contribution is 5.95. The molecule has 108 valence electrons. The molecule has 0 fully saturated rings. The molecule has 0 radical (unpaired) electrons. The Morgan fingerprint density at radius 1 is 1.14 bits per heavy atom. The number of carbonyl (C=O) groups is 1. The summed E-state index contributed by atoms with van der Waals surface area (Å²) in [5.74, 6) is -0.0715. The van der Waals surface area contributed by atoms with Crippen LogP contribution < -0.4 is 10.6 Å². The molecule has 0 aliphatic carbocycles. The van der Waals surface area contributed by atoms with Gasteiger partial charge in [0, 0.05) is 24.3 Å². The first-order valence-corrected chi connectivity index (χ1v) is 7.10. The number of hydrogen-bond acceptors (Lipinski definition) is 3. The topological polar surface area (TPSA) is 61.4 Å². The van der Waals surface area contributed by atoms with Crippen molar-refractivity contribution >= 4 is 11.6 Å². The summed E-state index contributed by atoms with van der Waals surface area (Å²) in [6, 6.07) is 13.3. The molecule has 0 saturated carbocycles. The van der Waals surface area contributed by atoms with Gasteiger partial charge < -0.3 is 15.7 Å². The summed E-state index contributed by atoms with van der Waals surface area (Å²) in [5.41, 5.74) is 4.89. The number of rotatable bonds is 4. The van der Waals surface area contributed by atoms with Crippen LogP contribution in [-0.4, -0.2) is 17.6 Å². The SMILES string of the molecule is O=C(NCc1ccc(CO)cc1)c1ccc2c(c1)NCC2. The highest BCUT2D eigenvalue weighted by atomic mass is 16.3. The van der Waals surface area contributed by atoms with Gasteiger partial charge in [-0.1, -0.05) is 30.3 Å². The fraction of sp³-hybridized carbons (Fsp3) is 0.235. The van der Waals surface area contributed by atoms with E-state index in [2.05, 4.69) is 10.6 Å². The summed E-state index contributed by atoms with van der Waals surface area (Å²) < 4.78 is 0. The first-order chi connectivity index (χ1) is 10.3. The van der Waals surface area contributed by atoms with Crippen molar-refractivity contribution in [1.29, 1.82) is 0 Å². The van der Waals surface area contributed by atoms with Crippen molar-refractivity contribution < 1.29 is 9.90 Å². The highest BCUT2D eigenvalue weighted by Gasteiger charge is 2.13. The largest absolute Gasteiger partial charge is 0.392 e. The van der Waals surface area contributed by atoms with Crippen molar-refractivity contribution in [1.82, 2.24) is 5.32 Å². The minimum absolute atomic E-state index is 0.0365. The third-order valence-electron chi connectivity index (χ3n) is 3.74. The molecule has 1 amide bonds.